The first kappa shape index (κ1) is 10.6. The summed E-state index contributed by atoms with van der Waals surface area (Å²) in [4.78, 5) is 11.8. The fourth-order valence-corrected chi connectivity index (χ4v) is 3.76. The molecule has 0 saturated heterocycles. The minimum atomic E-state index is -0.578. The lowest BCUT2D eigenvalue weighted by atomic mass is 9.74. The predicted octanol–water partition coefficient (Wildman–Crippen LogP) is 2.22. The van der Waals surface area contributed by atoms with Gasteiger partial charge in [0.25, 0.3) is 0 Å². The molecular formula is C12H10Cl2O2. The molecule has 0 radical (unpaired) electrons. The number of aliphatic hydroxyl groups is 1. The van der Waals surface area contributed by atoms with Gasteiger partial charge in [-0.3, -0.25) is 4.79 Å². The van der Waals surface area contributed by atoms with Crippen LogP contribution in [0.25, 0.3) is 0 Å². The third-order valence-electron chi connectivity index (χ3n) is 3.86. The van der Waals surface area contributed by atoms with Gasteiger partial charge < -0.3 is 5.11 Å². The fourth-order valence-electron chi connectivity index (χ4n) is 3.26. The molecule has 2 nitrogen and oxygen atoms in total. The van der Waals surface area contributed by atoms with Crippen molar-refractivity contribution in [2.45, 2.75) is 6.10 Å². The van der Waals surface area contributed by atoms with Gasteiger partial charge in [0.05, 0.1) is 6.10 Å². The van der Waals surface area contributed by atoms with E-state index in [2.05, 4.69) is 0 Å². The van der Waals surface area contributed by atoms with Crippen molar-refractivity contribution in [3.8, 4) is 0 Å². The van der Waals surface area contributed by atoms with E-state index in [0.29, 0.717) is 0 Å². The van der Waals surface area contributed by atoms with E-state index in [-0.39, 0.29) is 33.9 Å². The average molecular weight is 257 g/mol. The van der Waals surface area contributed by atoms with Crippen molar-refractivity contribution >= 4 is 29.0 Å². The second-order valence-corrected chi connectivity index (χ2v) is 5.46. The number of rotatable bonds is 0. The van der Waals surface area contributed by atoms with E-state index in [1.165, 1.54) is 6.08 Å². The molecule has 3 aliphatic rings. The Labute approximate surface area is 103 Å². The Bertz CT molecular complexity index is 446. The normalized spacial score (nSPS) is 44.1. The summed E-state index contributed by atoms with van der Waals surface area (Å²) in [6, 6.07) is 0. The van der Waals surface area contributed by atoms with Gasteiger partial charge in [-0.1, -0.05) is 41.4 Å². The van der Waals surface area contributed by atoms with Crippen LogP contribution in [0.1, 0.15) is 0 Å². The molecule has 0 aromatic carbocycles. The minimum absolute atomic E-state index is 0.0175. The van der Waals surface area contributed by atoms with Crippen LogP contribution in [0.2, 0.25) is 0 Å². The molecule has 5 atom stereocenters. The number of carbonyl (C=O) groups is 1. The van der Waals surface area contributed by atoms with Crippen molar-refractivity contribution in [2.24, 2.45) is 23.7 Å². The second-order valence-electron chi connectivity index (χ2n) is 4.51. The Morgan fingerprint density at radius 1 is 1.19 bits per heavy atom. The molecule has 16 heavy (non-hydrogen) atoms. The molecule has 3 aliphatic carbocycles. The Balaban J connectivity index is 2.12. The van der Waals surface area contributed by atoms with E-state index in [9.17, 15) is 9.90 Å². The summed E-state index contributed by atoms with van der Waals surface area (Å²) in [6.07, 6.45) is 6.44. The van der Waals surface area contributed by atoms with Crippen LogP contribution in [0.5, 0.6) is 0 Å². The zero-order chi connectivity index (χ0) is 11.4. The van der Waals surface area contributed by atoms with Crippen molar-refractivity contribution in [3.63, 3.8) is 0 Å². The summed E-state index contributed by atoms with van der Waals surface area (Å²) in [6.45, 7) is 0. The molecule has 0 amide bonds. The standard InChI is InChI=1S/C12H10Cl2O2/c13-12(14)9-5-1-2-6(9)11-8(16)4-3-7(15)10(5)11/h1-7,10-11,15H. The number of hydrogen-bond donors (Lipinski definition) is 1. The Hall–Kier alpha value is -0.570. The van der Waals surface area contributed by atoms with Crippen LogP contribution in [0.15, 0.2) is 34.4 Å². The molecule has 0 aliphatic heterocycles. The van der Waals surface area contributed by atoms with E-state index in [1.54, 1.807) is 6.08 Å². The molecule has 2 bridgehead atoms. The van der Waals surface area contributed by atoms with Crippen molar-refractivity contribution in [1.82, 2.24) is 0 Å². The van der Waals surface area contributed by atoms with Crippen LogP contribution in [-0.2, 0) is 4.79 Å². The van der Waals surface area contributed by atoms with Gasteiger partial charge in [0.15, 0.2) is 5.78 Å². The smallest absolute Gasteiger partial charge is 0.159 e. The van der Waals surface area contributed by atoms with Gasteiger partial charge in [0, 0.05) is 23.7 Å². The van der Waals surface area contributed by atoms with Crippen LogP contribution in [0, 0.1) is 23.7 Å². The van der Waals surface area contributed by atoms with Crippen LogP contribution in [0.3, 0.4) is 0 Å². The van der Waals surface area contributed by atoms with Crippen LogP contribution in [0.4, 0.5) is 0 Å². The van der Waals surface area contributed by atoms with Crippen LogP contribution < -0.4 is 0 Å². The Morgan fingerprint density at radius 2 is 1.88 bits per heavy atom. The van der Waals surface area contributed by atoms with Gasteiger partial charge in [0.1, 0.15) is 4.49 Å². The summed E-state index contributed by atoms with van der Waals surface area (Å²) in [5.74, 6) is -0.206. The highest BCUT2D eigenvalue weighted by Gasteiger charge is 2.54. The third kappa shape index (κ3) is 1.21. The first-order valence-corrected chi connectivity index (χ1v) is 6.00. The molecule has 0 aromatic heterocycles. The van der Waals surface area contributed by atoms with Crippen LogP contribution >= 0.6 is 23.2 Å². The van der Waals surface area contributed by atoms with Crippen molar-refractivity contribution in [2.75, 3.05) is 0 Å². The first-order valence-electron chi connectivity index (χ1n) is 5.24. The lowest BCUT2D eigenvalue weighted by Gasteiger charge is -2.31. The van der Waals surface area contributed by atoms with Gasteiger partial charge in [-0.25, -0.2) is 0 Å². The number of aliphatic hydroxyl groups excluding tert-OH is 1. The monoisotopic (exact) mass is 256 g/mol. The number of fused-ring (bicyclic) bond motifs is 5. The Kier molecular flexibility index (Phi) is 2.29. The highest BCUT2D eigenvalue weighted by molar-refractivity contribution is 6.56. The minimum Gasteiger partial charge on any atom is -0.389 e. The fraction of sp³-hybridized carbons (Fsp3) is 0.417. The molecule has 1 saturated carbocycles. The molecule has 1 fully saturated rings. The number of ketones is 1. The van der Waals surface area contributed by atoms with E-state index in [0.717, 1.165) is 5.57 Å². The molecule has 84 valence electrons. The molecular weight excluding hydrogens is 247 g/mol. The number of halogens is 2. The van der Waals surface area contributed by atoms with Crippen molar-refractivity contribution in [3.05, 3.63) is 34.4 Å². The molecule has 0 spiro atoms. The molecule has 1 N–H and O–H groups in total. The summed E-state index contributed by atoms with van der Waals surface area (Å²) >= 11 is 11.7. The molecule has 4 heteroatoms. The molecule has 3 rings (SSSR count). The molecule has 0 aromatic rings. The number of hydrogen-bond acceptors (Lipinski definition) is 2. The maximum atomic E-state index is 11.8. The maximum absolute atomic E-state index is 11.8. The molecule has 0 heterocycles. The predicted molar refractivity (Wildman–Crippen MR) is 62.0 cm³/mol. The van der Waals surface area contributed by atoms with Gasteiger partial charge in [-0.15, -0.1) is 0 Å². The van der Waals surface area contributed by atoms with Gasteiger partial charge in [-0.05, 0) is 11.6 Å². The quantitative estimate of drug-likeness (QED) is 0.675. The van der Waals surface area contributed by atoms with Gasteiger partial charge >= 0.3 is 0 Å². The van der Waals surface area contributed by atoms with Crippen molar-refractivity contribution < 1.29 is 9.90 Å². The largest absolute Gasteiger partial charge is 0.389 e. The first-order chi connectivity index (χ1) is 7.61. The molecule has 5 unspecified atom stereocenters. The highest BCUT2D eigenvalue weighted by Crippen LogP contribution is 2.56. The van der Waals surface area contributed by atoms with E-state index in [1.807, 2.05) is 12.2 Å². The summed E-state index contributed by atoms with van der Waals surface area (Å²) < 4.78 is 0.245. The van der Waals surface area contributed by atoms with Gasteiger partial charge in [-0.2, -0.15) is 0 Å². The zero-order valence-corrected chi connectivity index (χ0v) is 9.82. The topological polar surface area (TPSA) is 37.3 Å². The highest BCUT2D eigenvalue weighted by atomic mass is 35.5. The zero-order valence-electron chi connectivity index (χ0n) is 8.31. The average Bonchev–Trinajstić information content (AvgIpc) is 2.79. The third-order valence-corrected chi connectivity index (χ3v) is 4.30. The second kappa shape index (κ2) is 3.46. The van der Waals surface area contributed by atoms with E-state index >= 15 is 0 Å². The van der Waals surface area contributed by atoms with Crippen LogP contribution in [-0.4, -0.2) is 17.0 Å². The SMILES string of the molecule is O=C1C=CC(O)C2C3C=CC(C3=C(Cl)Cl)C12. The van der Waals surface area contributed by atoms with E-state index in [4.69, 9.17) is 23.2 Å². The van der Waals surface area contributed by atoms with Crippen molar-refractivity contribution in [1.29, 1.82) is 0 Å². The summed E-state index contributed by atoms with van der Waals surface area (Å²) in [5, 5.41) is 9.94. The summed E-state index contributed by atoms with van der Waals surface area (Å²) in [5.41, 5.74) is 0.898. The number of carbonyl (C=O) groups excluding carboxylic acids is 1. The lowest BCUT2D eigenvalue weighted by molar-refractivity contribution is -0.122. The van der Waals surface area contributed by atoms with E-state index < -0.39 is 6.10 Å². The Morgan fingerprint density at radius 3 is 2.50 bits per heavy atom. The number of allylic oxidation sites excluding steroid dienone is 4. The van der Waals surface area contributed by atoms with Gasteiger partial charge in [0.2, 0.25) is 0 Å². The summed E-state index contributed by atoms with van der Waals surface area (Å²) in [7, 11) is 0. The lowest BCUT2D eigenvalue weighted by Crippen LogP contribution is -2.37. The maximum Gasteiger partial charge on any atom is 0.159 e.